The van der Waals surface area contributed by atoms with Crippen LogP contribution < -0.4 is 5.43 Å². The molecule has 0 aliphatic heterocycles. The van der Waals surface area contributed by atoms with Crippen molar-refractivity contribution in [2.24, 2.45) is 5.10 Å². The summed E-state index contributed by atoms with van der Waals surface area (Å²) < 4.78 is 0. The van der Waals surface area contributed by atoms with Gasteiger partial charge in [0.15, 0.2) is 0 Å². The number of benzene rings is 1. The van der Waals surface area contributed by atoms with Gasteiger partial charge in [-0.25, -0.2) is 5.43 Å². The number of rotatable bonds is 3. The van der Waals surface area contributed by atoms with Crippen LogP contribution in [-0.4, -0.2) is 12.1 Å². The van der Waals surface area contributed by atoms with E-state index in [4.69, 9.17) is 23.2 Å². The third-order valence-corrected chi connectivity index (χ3v) is 3.93. The molecule has 0 saturated carbocycles. The maximum atomic E-state index is 11.8. The minimum Gasteiger partial charge on any atom is -0.267 e. The number of amides is 1. The SMILES string of the molecule is Cc1ccsc1/C=N\NC(=O)c1ccc(Cl)cc1Cl. The van der Waals surface area contributed by atoms with Crippen molar-refractivity contribution in [1.82, 2.24) is 5.43 Å². The molecular formula is C13H10Cl2N2OS. The fraction of sp³-hybridized carbons (Fsp3) is 0.0769. The molecule has 0 atom stereocenters. The Bertz CT molecular complexity index is 637. The largest absolute Gasteiger partial charge is 0.272 e. The van der Waals surface area contributed by atoms with E-state index in [2.05, 4.69) is 10.5 Å². The van der Waals surface area contributed by atoms with Gasteiger partial charge in [-0.2, -0.15) is 5.10 Å². The van der Waals surface area contributed by atoms with Crippen LogP contribution in [0.3, 0.4) is 0 Å². The first-order valence-corrected chi connectivity index (χ1v) is 7.04. The van der Waals surface area contributed by atoms with E-state index < -0.39 is 0 Å². The molecule has 3 nitrogen and oxygen atoms in total. The molecule has 0 unspecified atom stereocenters. The average molecular weight is 313 g/mol. The van der Waals surface area contributed by atoms with Gasteiger partial charge < -0.3 is 0 Å². The number of hydrogen-bond donors (Lipinski definition) is 1. The second-order valence-corrected chi connectivity index (χ2v) is 5.58. The summed E-state index contributed by atoms with van der Waals surface area (Å²) in [5.41, 5.74) is 3.89. The van der Waals surface area contributed by atoms with Crippen LogP contribution in [0, 0.1) is 6.92 Å². The third kappa shape index (κ3) is 3.56. The van der Waals surface area contributed by atoms with Crippen LogP contribution in [0.1, 0.15) is 20.8 Å². The minimum atomic E-state index is -0.368. The lowest BCUT2D eigenvalue weighted by Gasteiger charge is -2.02. The van der Waals surface area contributed by atoms with E-state index in [0.717, 1.165) is 10.4 Å². The first-order valence-electron chi connectivity index (χ1n) is 5.40. The second-order valence-electron chi connectivity index (χ2n) is 3.79. The zero-order valence-corrected chi connectivity index (χ0v) is 12.3. The number of nitrogens with one attached hydrogen (secondary N) is 1. The van der Waals surface area contributed by atoms with Crippen molar-refractivity contribution in [3.63, 3.8) is 0 Å². The number of nitrogens with zero attached hydrogens (tertiary/aromatic N) is 1. The molecule has 1 aromatic carbocycles. The topological polar surface area (TPSA) is 41.5 Å². The average Bonchev–Trinajstić information content (AvgIpc) is 2.75. The van der Waals surface area contributed by atoms with Gasteiger partial charge in [-0.15, -0.1) is 11.3 Å². The van der Waals surface area contributed by atoms with Gasteiger partial charge in [0, 0.05) is 9.90 Å². The lowest BCUT2D eigenvalue weighted by molar-refractivity contribution is 0.0955. The predicted octanol–water partition coefficient (Wildman–Crippen LogP) is 4.13. The highest BCUT2D eigenvalue weighted by Crippen LogP contribution is 2.20. The highest BCUT2D eigenvalue weighted by molar-refractivity contribution is 7.11. The van der Waals surface area contributed by atoms with E-state index in [9.17, 15) is 4.79 Å². The Balaban J connectivity index is 2.06. The number of carbonyl (C=O) groups is 1. The highest BCUT2D eigenvalue weighted by atomic mass is 35.5. The standard InChI is InChI=1S/C13H10Cl2N2OS/c1-8-4-5-19-12(8)7-16-17-13(18)10-3-2-9(14)6-11(10)15/h2-7H,1H3,(H,17,18)/b16-7-. The van der Waals surface area contributed by atoms with Gasteiger partial charge in [0.05, 0.1) is 16.8 Å². The molecule has 0 aliphatic rings. The van der Waals surface area contributed by atoms with Crippen LogP contribution in [0.2, 0.25) is 10.0 Å². The smallest absolute Gasteiger partial charge is 0.267 e. The van der Waals surface area contributed by atoms with Crippen molar-refractivity contribution in [2.45, 2.75) is 6.92 Å². The lowest BCUT2D eigenvalue weighted by atomic mass is 10.2. The first-order chi connectivity index (χ1) is 9.08. The summed E-state index contributed by atoms with van der Waals surface area (Å²) in [6.07, 6.45) is 1.61. The second kappa shape index (κ2) is 6.19. The summed E-state index contributed by atoms with van der Waals surface area (Å²) in [6, 6.07) is 6.68. The summed E-state index contributed by atoms with van der Waals surface area (Å²) in [6.45, 7) is 1.98. The van der Waals surface area contributed by atoms with Crippen molar-refractivity contribution in [2.75, 3.05) is 0 Å². The van der Waals surface area contributed by atoms with Crippen LogP contribution in [0.4, 0.5) is 0 Å². The molecule has 6 heteroatoms. The number of hydrazone groups is 1. The molecule has 0 bridgehead atoms. The van der Waals surface area contributed by atoms with E-state index in [1.165, 1.54) is 6.07 Å². The van der Waals surface area contributed by atoms with E-state index in [0.29, 0.717) is 15.6 Å². The van der Waals surface area contributed by atoms with Gasteiger partial charge in [0.2, 0.25) is 0 Å². The molecule has 98 valence electrons. The Labute approximate surface area is 124 Å². The van der Waals surface area contributed by atoms with Gasteiger partial charge >= 0.3 is 0 Å². The molecule has 2 rings (SSSR count). The van der Waals surface area contributed by atoms with E-state index in [1.54, 1.807) is 29.7 Å². The summed E-state index contributed by atoms with van der Waals surface area (Å²) in [5, 5.41) is 6.66. The maximum Gasteiger partial charge on any atom is 0.272 e. The van der Waals surface area contributed by atoms with Gasteiger partial charge in [-0.1, -0.05) is 23.2 Å². The monoisotopic (exact) mass is 312 g/mol. The summed E-state index contributed by atoms with van der Waals surface area (Å²) in [7, 11) is 0. The highest BCUT2D eigenvalue weighted by Gasteiger charge is 2.09. The minimum absolute atomic E-state index is 0.299. The molecule has 0 radical (unpaired) electrons. The van der Waals surface area contributed by atoms with Crippen LogP contribution in [0.5, 0.6) is 0 Å². The predicted molar refractivity (Wildman–Crippen MR) is 80.6 cm³/mol. The fourth-order valence-electron chi connectivity index (χ4n) is 1.40. The quantitative estimate of drug-likeness (QED) is 0.672. The zero-order valence-electron chi connectivity index (χ0n) is 9.98. The molecule has 19 heavy (non-hydrogen) atoms. The number of carbonyl (C=O) groups excluding carboxylic acids is 1. The molecule has 0 spiro atoms. The summed E-state index contributed by atoms with van der Waals surface area (Å²) in [4.78, 5) is 12.8. The molecule has 1 heterocycles. The van der Waals surface area contributed by atoms with Gasteiger partial charge in [-0.05, 0) is 42.1 Å². The normalized spacial score (nSPS) is 10.9. The first kappa shape index (κ1) is 14.1. The van der Waals surface area contributed by atoms with Crippen molar-refractivity contribution in [3.05, 3.63) is 55.7 Å². The van der Waals surface area contributed by atoms with E-state index >= 15 is 0 Å². The van der Waals surface area contributed by atoms with Crippen molar-refractivity contribution < 1.29 is 4.79 Å². The Morgan fingerprint density at radius 3 is 2.79 bits per heavy atom. The molecule has 0 fully saturated rings. The molecule has 0 aliphatic carbocycles. The van der Waals surface area contributed by atoms with Crippen molar-refractivity contribution in [1.29, 1.82) is 0 Å². The lowest BCUT2D eigenvalue weighted by Crippen LogP contribution is -2.17. The molecule has 0 saturated heterocycles. The number of aryl methyl sites for hydroxylation is 1. The number of thiophene rings is 1. The van der Waals surface area contributed by atoms with Gasteiger partial charge in [0.25, 0.3) is 5.91 Å². The van der Waals surface area contributed by atoms with Crippen LogP contribution >= 0.6 is 34.5 Å². The molecule has 2 aromatic rings. The van der Waals surface area contributed by atoms with Crippen LogP contribution in [-0.2, 0) is 0 Å². The molecule has 1 amide bonds. The van der Waals surface area contributed by atoms with E-state index in [1.807, 2.05) is 18.4 Å². The molecule has 1 aromatic heterocycles. The Morgan fingerprint density at radius 1 is 1.37 bits per heavy atom. The Kier molecular flexibility index (Phi) is 4.58. The summed E-state index contributed by atoms with van der Waals surface area (Å²) in [5.74, 6) is -0.368. The number of hydrogen-bond acceptors (Lipinski definition) is 3. The Hall–Kier alpha value is -1.36. The zero-order chi connectivity index (χ0) is 13.8. The van der Waals surface area contributed by atoms with Gasteiger partial charge in [-0.3, -0.25) is 4.79 Å². The van der Waals surface area contributed by atoms with Gasteiger partial charge in [0.1, 0.15) is 0 Å². The molecule has 1 N–H and O–H groups in total. The third-order valence-electron chi connectivity index (χ3n) is 2.43. The fourth-order valence-corrected chi connectivity index (χ4v) is 2.68. The Morgan fingerprint density at radius 2 is 2.16 bits per heavy atom. The van der Waals surface area contributed by atoms with Crippen LogP contribution in [0.25, 0.3) is 0 Å². The van der Waals surface area contributed by atoms with Crippen molar-refractivity contribution in [3.8, 4) is 0 Å². The maximum absolute atomic E-state index is 11.8. The summed E-state index contributed by atoms with van der Waals surface area (Å²) >= 11 is 13.3. The molecular weight excluding hydrogens is 303 g/mol. The number of halogens is 2. The van der Waals surface area contributed by atoms with Crippen LogP contribution in [0.15, 0.2) is 34.7 Å². The van der Waals surface area contributed by atoms with E-state index in [-0.39, 0.29) is 5.91 Å². The van der Waals surface area contributed by atoms with Crippen molar-refractivity contribution >= 4 is 46.7 Å².